The number of carbonyl (C=O) groups is 1. The first kappa shape index (κ1) is 15.1. The van der Waals surface area contributed by atoms with E-state index in [9.17, 15) is 9.90 Å². The summed E-state index contributed by atoms with van der Waals surface area (Å²) in [6.45, 7) is 4.01. The van der Waals surface area contributed by atoms with Crippen LogP contribution in [0.3, 0.4) is 0 Å². The maximum atomic E-state index is 11.9. The first-order valence-corrected chi connectivity index (χ1v) is 5.78. The fraction of sp³-hybridized carbons (Fsp3) is 0.462. The molecule has 0 saturated carbocycles. The van der Waals surface area contributed by atoms with Crippen molar-refractivity contribution in [2.45, 2.75) is 32.3 Å². The molecule has 18 heavy (non-hydrogen) atoms. The van der Waals surface area contributed by atoms with Crippen LogP contribution in [0.1, 0.15) is 25.8 Å². The first-order chi connectivity index (χ1) is 7.87. The maximum absolute atomic E-state index is 11.9. The Bertz CT molecular complexity index is 455. The maximum Gasteiger partial charge on any atom is 0.231 e. The summed E-state index contributed by atoms with van der Waals surface area (Å²) in [5.74, 6) is 0.0786. The number of nitrogens with two attached hydrogens (primary N) is 1. The van der Waals surface area contributed by atoms with Gasteiger partial charge < -0.3 is 15.7 Å². The molecule has 0 saturated heterocycles. The summed E-state index contributed by atoms with van der Waals surface area (Å²) in [5, 5.41) is 9.70. The van der Waals surface area contributed by atoms with Crippen LogP contribution < -0.4 is 10.6 Å². The average Bonchev–Trinajstić information content (AvgIpc) is 2.49. The van der Waals surface area contributed by atoms with Crippen LogP contribution in [0.5, 0.6) is 0 Å². The molecule has 0 unspecified atom stereocenters. The summed E-state index contributed by atoms with van der Waals surface area (Å²) in [6.07, 6.45) is 0.981. The fourth-order valence-electron chi connectivity index (χ4n) is 2.00. The minimum atomic E-state index is -0.761. The number of nitrogen functional groups attached to an aromatic ring is 1. The Morgan fingerprint density at radius 3 is 2.72 bits per heavy atom. The number of hydrogen-bond donors (Lipinski definition) is 2. The van der Waals surface area contributed by atoms with Crippen molar-refractivity contribution >= 4 is 17.3 Å². The van der Waals surface area contributed by atoms with Gasteiger partial charge in [-0.05, 0) is 38.0 Å². The van der Waals surface area contributed by atoms with Gasteiger partial charge in [0.25, 0.3) is 0 Å². The minimum absolute atomic E-state index is 0. The third-order valence-electron chi connectivity index (χ3n) is 2.99. The van der Waals surface area contributed by atoms with Crippen LogP contribution >= 0.6 is 0 Å². The van der Waals surface area contributed by atoms with Gasteiger partial charge in [0.05, 0.1) is 12.0 Å². The van der Waals surface area contributed by atoms with Crippen molar-refractivity contribution in [1.82, 2.24) is 0 Å². The number of nitrogens with zero attached hydrogens (tertiary/aromatic N) is 1. The van der Waals surface area contributed by atoms with Gasteiger partial charge in [-0.3, -0.25) is 4.79 Å². The van der Waals surface area contributed by atoms with Crippen LogP contribution in [-0.2, 0) is 30.7 Å². The van der Waals surface area contributed by atoms with Crippen LogP contribution in [0, 0.1) is 0 Å². The summed E-state index contributed by atoms with van der Waals surface area (Å²) >= 11 is 0. The number of benzene rings is 1. The quantitative estimate of drug-likeness (QED) is 0.653. The largest absolute Gasteiger partial charge is 0.399 e. The van der Waals surface area contributed by atoms with Gasteiger partial charge in [0.2, 0.25) is 5.91 Å². The van der Waals surface area contributed by atoms with E-state index >= 15 is 0 Å². The number of carbonyl (C=O) groups excluding carboxylic acids is 1. The van der Waals surface area contributed by atoms with Crippen molar-refractivity contribution in [2.24, 2.45) is 0 Å². The fourth-order valence-corrected chi connectivity index (χ4v) is 2.00. The van der Waals surface area contributed by atoms with E-state index in [0.29, 0.717) is 25.1 Å². The molecule has 5 heteroatoms. The number of aliphatic hydroxyl groups is 1. The monoisotopic (exact) mass is 298 g/mol. The van der Waals surface area contributed by atoms with E-state index in [1.165, 1.54) is 0 Å². The molecule has 0 radical (unpaired) electrons. The average molecular weight is 300 g/mol. The third kappa shape index (κ3) is 3.30. The van der Waals surface area contributed by atoms with Gasteiger partial charge in [0.1, 0.15) is 0 Å². The number of hydrogen-bond acceptors (Lipinski definition) is 3. The molecule has 0 atom stereocenters. The van der Waals surface area contributed by atoms with Gasteiger partial charge >= 0.3 is 0 Å². The molecule has 1 aromatic carbocycles. The molecule has 4 nitrogen and oxygen atoms in total. The molecular formula is C13H18N2O2Zn. The van der Waals surface area contributed by atoms with Crippen molar-refractivity contribution in [3.05, 3.63) is 23.8 Å². The molecule has 1 aliphatic heterocycles. The Morgan fingerprint density at radius 1 is 1.44 bits per heavy atom. The standard InChI is InChI=1S/C13H18N2O2.Zn/c1-13(2,17)5-6-15-11-8-10(14)4-3-9(11)7-12(15)16;/h3-4,8,17H,5-7,14H2,1-2H3;. The Labute approximate surface area is 120 Å². The molecule has 0 aromatic heterocycles. The van der Waals surface area contributed by atoms with Gasteiger partial charge in [0, 0.05) is 37.4 Å². The summed E-state index contributed by atoms with van der Waals surface area (Å²) in [7, 11) is 0. The molecule has 94 valence electrons. The second-order valence-electron chi connectivity index (χ2n) is 5.17. The van der Waals surface area contributed by atoms with Crippen LogP contribution in [0.4, 0.5) is 11.4 Å². The molecule has 0 spiro atoms. The molecular weight excluding hydrogens is 282 g/mol. The Morgan fingerprint density at radius 2 is 2.11 bits per heavy atom. The van der Waals surface area contributed by atoms with Crippen molar-refractivity contribution in [3.8, 4) is 0 Å². The van der Waals surface area contributed by atoms with E-state index in [2.05, 4.69) is 0 Å². The minimum Gasteiger partial charge on any atom is -0.399 e. The zero-order valence-electron chi connectivity index (χ0n) is 10.9. The number of fused-ring (bicyclic) bond motifs is 1. The Kier molecular flexibility index (Phi) is 4.52. The normalized spacial score (nSPS) is 14.4. The molecule has 0 aliphatic carbocycles. The Hall–Kier alpha value is -0.927. The van der Waals surface area contributed by atoms with Gasteiger partial charge in [-0.15, -0.1) is 0 Å². The number of anilines is 2. The smallest absolute Gasteiger partial charge is 0.231 e. The van der Waals surface area contributed by atoms with Crippen LogP contribution in [0.15, 0.2) is 18.2 Å². The van der Waals surface area contributed by atoms with Gasteiger partial charge in [-0.2, -0.15) is 0 Å². The molecule has 1 aromatic rings. The van der Waals surface area contributed by atoms with E-state index in [1.807, 2.05) is 18.2 Å². The summed E-state index contributed by atoms with van der Waals surface area (Å²) in [4.78, 5) is 13.6. The van der Waals surface area contributed by atoms with Crippen LogP contribution in [0.2, 0.25) is 0 Å². The first-order valence-electron chi connectivity index (χ1n) is 5.78. The van der Waals surface area contributed by atoms with Gasteiger partial charge in [0.15, 0.2) is 0 Å². The van der Waals surface area contributed by atoms with E-state index in [1.54, 1.807) is 18.7 Å². The van der Waals surface area contributed by atoms with Crippen molar-refractivity contribution in [1.29, 1.82) is 0 Å². The topological polar surface area (TPSA) is 66.6 Å². The Balaban J connectivity index is 0.00000162. The molecule has 0 bridgehead atoms. The predicted molar refractivity (Wildman–Crippen MR) is 67.8 cm³/mol. The number of amides is 1. The second-order valence-corrected chi connectivity index (χ2v) is 5.17. The predicted octanol–water partition coefficient (Wildman–Crippen LogP) is 1.32. The van der Waals surface area contributed by atoms with E-state index < -0.39 is 5.60 Å². The summed E-state index contributed by atoms with van der Waals surface area (Å²) < 4.78 is 0. The van der Waals surface area contributed by atoms with Crippen molar-refractivity contribution < 1.29 is 29.4 Å². The molecule has 3 N–H and O–H groups in total. The van der Waals surface area contributed by atoms with E-state index in [-0.39, 0.29) is 25.4 Å². The molecule has 2 rings (SSSR count). The van der Waals surface area contributed by atoms with Crippen molar-refractivity contribution in [3.63, 3.8) is 0 Å². The van der Waals surface area contributed by atoms with Crippen LogP contribution in [-0.4, -0.2) is 23.2 Å². The van der Waals surface area contributed by atoms with E-state index in [4.69, 9.17) is 5.73 Å². The van der Waals surface area contributed by atoms with Gasteiger partial charge in [-0.1, -0.05) is 6.07 Å². The second kappa shape index (κ2) is 5.37. The zero-order valence-corrected chi connectivity index (χ0v) is 13.9. The molecule has 1 amide bonds. The SMILES string of the molecule is CC(C)(O)CCN1C(=O)Cc2ccc(N)cc21.[Zn]. The molecule has 0 fully saturated rings. The van der Waals surface area contributed by atoms with Crippen LogP contribution in [0.25, 0.3) is 0 Å². The zero-order chi connectivity index (χ0) is 12.6. The molecule has 1 aliphatic rings. The summed E-state index contributed by atoms with van der Waals surface area (Å²) in [5.41, 5.74) is 7.53. The molecule has 1 heterocycles. The third-order valence-corrected chi connectivity index (χ3v) is 2.99. The van der Waals surface area contributed by atoms with Gasteiger partial charge in [-0.25, -0.2) is 0 Å². The van der Waals surface area contributed by atoms with Crippen molar-refractivity contribution in [2.75, 3.05) is 17.2 Å². The summed E-state index contributed by atoms with van der Waals surface area (Å²) in [6, 6.07) is 5.53. The number of rotatable bonds is 3. The van der Waals surface area contributed by atoms with E-state index in [0.717, 1.165) is 11.3 Å².